The molecule has 0 spiro atoms. The van der Waals surface area contributed by atoms with Crippen LogP contribution in [0, 0.1) is 5.92 Å². The second-order valence-corrected chi connectivity index (χ2v) is 9.02. The van der Waals surface area contributed by atoms with Crippen LogP contribution in [0.15, 0.2) is 33.6 Å². The van der Waals surface area contributed by atoms with Gasteiger partial charge in [-0.3, -0.25) is 4.79 Å². The number of hydrogen-bond donors (Lipinski definition) is 1. The number of likely N-dealkylation sites (tertiary alicyclic amines) is 1. The molecule has 0 saturated carbocycles. The summed E-state index contributed by atoms with van der Waals surface area (Å²) in [7, 11) is 0. The SMILES string of the molecule is CC(C)CN1CCC(NC(=O)[C@@H](C)Sc2ccc(Br)cc2)CC1. The third-order valence-electron chi connectivity index (χ3n) is 4.05. The number of rotatable bonds is 6. The highest BCUT2D eigenvalue weighted by atomic mass is 79.9. The van der Waals surface area contributed by atoms with Crippen molar-refractivity contribution in [1.82, 2.24) is 10.2 Å². The number of thioether (sulfide) groups is 1. The topological polar surface area (TPSA) is 32.3 Å². The second kappa shape index (κ2) is 9.09. The molecule has 0 aliphatic carbocycles. The molecule has 0 unspecified atom stereocenters. The van der Waals surface area contributed by atoms with Crippen LogP contribution in [-0.4, -0.2) is 41.7 Å². The third kappa shape index (κ3) is 6.48. The van der Waals surface area contributed by atoms with Gasteiger partial charge in [-0.1, -0.05) is 29.8 Å². The van der Waals surface area contributed by atoms with E-state index in [4.69, 9.17) is 0 Å². The molecule has 23 heavy (non-hydrogen) atoms. The van der Waals surface area contributed by atoms with Crippen molar-refractivity contribution in [3.63, 3.8) is 0 Å². The van der Waals surface area contributed by atoms with Crippen molar-refractivity contribution in [1.29, 1.82) is 0 Å². The van der Waals surface area contributed by atoms with E-state index in [2.05, 4.69) is 40.0 Å². The van der Waals surface area contributed by atoms with Crippen LogP contribution in [0.2, 0.25) is 0 Å². The molecule has 1 aromatic rings. The Kier molecular flexibility index (Phi) is 7.44. The van der Waals surface area contributed by atoms with Crippen LogP contribution < -0.4 is 5.32 Å². The Morgan fingerprint density at radius 2 is 1.87 bits per heavy atom. The van der Waals surface area contributed by atoms with Crippen LogP contribution >= 0.6 is 27.7 Å². The Balaban J connectivity index is 1.75. The number of nitrogens with zero attached hydrogens (tertiary/aromatic N) is 1. The van der Waals surface area contributed by atoms with Gasteiger partial charge in [-0.05, 0) is 49.9 Å². The minimum Gasteiger partial charge on any atom is -0.352 e. The van der Waals surface area contributed by atoms with Crippen LogP contribution in [-0.2, 0) is 4.79 Å². The molecule has 0 radical (unpaired) electrons. The quantitative estimate of drug-likeness (QED) is 0.729. The fraction of sp³-hybridized carbons (Fsp3) is 0.611. The first-order valence-electron chi connectivity index (χ1n) is 8.39. The molecule has 1 heterocycles. The van der Waals surface area contributed by atoms with Crippen LogP contribution in [0.5, 0.6) is 0 Å². The predicted octanol–water partition coefficient (Wildman–Crippen LogP) is 4.17. The van der Waals surface area contributed by atoms with E-state index in [9.17, 15) is 4.79 Å². The summed E-state index contributed by atoms with van der Waals surface area (Å²) in [6.07, 6.45) is 2.13. The minimum absolute atomic E-state index is 0.0649. The van der Waals surface area contributed by atoms with Crippen LogP contribution in [0.1, 0.15) is 33.6 Å². The van der Waals surface area contributed by atoms with Crippen molar-refractivity contribution < 1.29 is 4.79 Å². The second-order valence-electron chi connectivity index (χ2n) is 6.69. The van der Waals surface area contributed by atoms with Gasteiger partial charge < -0.3 is 10.2 Å². The van der Waals surface area contributed by atoms with Crippen molar-refractivity contribution in [3.05, 3.63) is 28.7 Å². The van der Waals surface area contributed by atoms with Gasteiger partial charge in [0.05, 0.1) is 5.25 Å². The first kappa shape index (κ1) is 18.8. The fourth-order valence-corrected chi connectivity index (χ4v) is 4.01. The lowest BCUT2D eigenvalue weighted by molar-refractivity contribution is -0.121. The third-order valence-corrected chi connectivity index (χ3v) is 5.69. The Bertz CT molecular complexity index is 498. The Hall–Kier alpha value is -0.520. The molecule has 5 heteroatoms. The van der Waals surface area contributed by atoms with Gasteiger partial charge in [0.1, 0.15) is 0 Å². The molecule has 1 amide bonds. The summed E-state index contributed by atoms with van der Waals surface area (Å²) in [4.78, 5) is 16.0. The largest absolute Gasteiger partial charge is 0.352 e. The zero-order valence-electron chi connectivity index (χ0n) is 14.2. The summed E-state index contributed by atoms with van der Waals surface area (Å²) in [5.41, 5.74) is 0. The molecule has 0 aromatic heterocycles. The van der Waals surface area contributed by atoms with E-state index in [-0.39, 0.29) is 11.2 Å². The minimum atomic E-state index is -0.0649. The number of hydrogen-bond acceptors (Lipinski definition) is 3. The van der Waals surface area contributed by atoms with Gasteiger partial charge in [-0.25, -0.2) is 0 Å². The zero-order valence-corrected chi connectivity index (χ0v) is 16.6. The maximum absolute atomic E-state index is 12.4. The average molecular weight is 399 g/mol. The number of amides is 1. The number of nitrogens with one attached hydrogen (secondary N) is 1. The molecule has 1 aliphatic rings. The molecule has 1 N–H and O–H groups in total. The van der Waals surface area contributed by atoms with Crippen molar-refractivity contribution in [2.24, 2.45) is 5.92 Å². The molecule has 1 aliphatic heterocycles. The summed E-state index contributed by atoms with van der Waals surface area (Å²) in [6.45, 7) is 9.85. The van der Waals surface area contributed by atoms with Crippen molar-refractivity contribution in [2.45, 2.75) is 49.8 Å². The smallest absolute Gasteiger partial charge is 0.233 e. The van der Waals surface area contributed by atoms with Gasteiger partial charge in [-0.2, -0.15) is 0 Å². The molecular formula is C18H27BrN2OS. The highest BCUT2D eigenvalue weighted by Crippen LogP contribution is 2.25. The maximum Gasteiger partial charge on any atom is 0.233 e. The van der Waals surface area contributed by atoms with E-state index in [0.29, 0.717) is 12.0 Å². The Morgan fingerprint density at radius 3 is 2.43 bits per heavy atom. The summed E-state index contributed by atoms with van der Waals surface area (Å²) < 4.78 is 1.06. The normalized spacial score (nSPS) is 18.1. The molecule has 1 atom stereocenters. The highest BCUT2D eigenvalue weighted by Gasteiger charge is 2.23. The summed E-state index contributed by atoms with van der Waals surface area (Å²) >= 11 is 5.05. The lowest BCUT2D eigenvalue weighted by Crippen LogP contribution is -2.47. The number of carbonyl (C=O) groups is 1. The van der Waals surface area contributed by atoms with Gasteiger partial charge in [0, 0.05) is 35.0 Å². The molecule has 1 aromatic carbocycles. The number of halogens is 1. The first-order chi connectivity index (χ1) is 10.9. The van der Waals surface area contributed by atoms with Gasteiger partial charge >= 0.3 is 0 Å². The van der Waals surface area contributed by atoms with Gasteiger partial charge in [0.15, 0.2) is 0 Å². The Morgan fingerprint density at radius 1 is 1.26 bits per heavy atom. The van der Waals surface area contributed by atoms with Gasteiger partial charge in [0.25, 0.3) is 0 Å². The fourth-order valence-electron chi connectivity index (χ4n) is 2.87. The number of benzene rings is 1. The van der Waals surface area contributed by atoms with Crippen LogP contribution in [0.25, 0.3) is 0 Å². The summed E-state index contributed by atoms with van der Waals surface area (Å²) in [6, 6.07) is 8.44. The van der Waals surface area contributed by atoms with E-state index in [0.717, 1.165) is 41.8 Å². The van der Waals surface area contributed by atoms with Crippen molar-refractivity contribution >= 4 is 33.6 Å². The van der Waals surface area contributed by atoms with E-state index >= 15 is 0 Å². The van der Waals surface area contributed by atoms with Crippen molar-refractivity contribution in [2.75, 3.05) is 19.6 Å². The number of piperidine rings is 1. The molecule has 0 bridgehead atoms. The Labute approximate surface area is 152 Å². The van der Waals surface area contributed by atoms with E-state index in [1.54, 1.807) is 11.8 Å². The van der Waals surface area contributed by atoms with E-state index < -0.39 is 0 Å². The lowest BCUT2D eigenvalue weighted by Gasteiger charge is -2.33. The highest BCUT2D eigenvalue weighted by molar-refractivity contribution is 9.10. The average Bonchev–Trinajstić information content (AvgIpc) is 2.51. The van der Waals surface area contributed by atoms with Gasteiger partial charge in [-0.15, -0.1) is 11.8 Å². The predicted molar refractivity (Wildman–Crippen MR) is 102 cm³/mol. The van der Waals surface area contributed by atoms with E-state index in [1.165, 1.54) is 0 Å². The monoisotopic (exact) mass is 398 g/mol. The molecule has 1 fully saturated rings. The van der Waals surface area contributed by atoms with Crippen LogP contribution in [0.4, 0.5) is 0 Å². The lowest BCUT2D eigenvalue weighted by atomic mass is 10.0. The molecule has 128 valence electrons. The maximum atomic E-state index is 12.4. The first-order valence-corrected chi connectivity index (χ1v) is 10.1. The standard InChI is InChI=1S/C18H27BrN2OS/c1-13(2)12-21-10-8-16(9-11-21)20-18(22)14(3)23-17-6-4-15(19)5-7-17/h4-7,13-14,16H,8-12H2,1-3H3,(H,20,22)/t14-/m1/s1. The van der Waals surface area contributed by atoms with Crippen molar-refractivity contribution in [3.8, 4) is 0 Å². The summed E-state index contributed by atoms with van der Waals surface area (Å²) in [5.74, 6) is 0.865. The molecule has 3 nitrogen and oxygen atoms in total. The zero-order chi connectivity index (χ0) is 16.8. The van der Waals surface area contributed by atoms with Gasteiger partial charge in [0.2, 0.25) is 5.91 Å². The van der Waals surface area contributed by atoms with Crippen LogP contribution in [0.3, 0.4) is 0 Å². The molecular weight excluding hydrogens is 372 g/mol. The molecule has 1 saturated heterocycles. The number of carbonyl (C=O) groups excluding carboxylic acids is 1. The summed E-state index contributed by atoms with van der Waals surface area (Å²) in [5, 5.41) is 3.16. The molecule has 2 rings (SSSR count). The van der Waals surface area contributed by atoms with E-state index in [1.807, 2.05) is 31.2 Å².